The van der Waals surface area contributed by atoms with Gasteiger partial charge in [0.05, 0.1) is 41.7 Å². The predicted octanol–water partition coefficient (Wildman–Crippen LogP) is 6.89. The lowest BCUT2D eigenvalue weighted by Crippen LogP contribution is -2.40. The third-order valence-electron chi connectivity index (χ3n) is 10.5. The number of hydrogen-bond donors (Lipinski definition) is 6. The van der Waals surface area contributed by atoms with Crippen molar-refractivity contribution in [1.29, 1.82) is 0 Å². The number of aromatic amines is 1. The maximum atomic E-state index is 12.9. The highest BCUT2D eigenvalue weighted by Gasteiger charge is 2.24. The van der Waals surface area contributed by atoms with Crippen molar-refractivity contribution in [2.45, 2.75) is 44.4 Å². The number of aliphatic hydroxyl groups excluding tert-OH is 1. The average Bonchev–Trinajstić information content (AvgIpc) is 3.26. The van der Waals surface area contributed by atoms with E-state index in [4.69, 9.17) is 25.8 Å². The number of aliphatic hydroxyl groups is 1. The number of piperidine rings is 1. The molecule has 1 aromatic heterocycles. The van der Waals surface area contributed by atoms with E-state index in [0.717, 1.165) is 11.1 Å². The van der Waals surface area contributed by atoms with Crippen LogP contribution < -0.4 is 26.2 Å². The van der Waals surface area contributed by atoms with Gasteiger partial charge in [-0.15, -0.1) is 0 Å². The van der Waals surface area contributed by atoms with E-state index in [9.17, 15) is 29.4 Å². The van der Waals surface area contributed by atoms with Crippen LogP contribution in [-0.4, -0.2) is 103 Å². The molecule has 6 rings (SSSR count). The van der Waals surface area contributed by atoms with Crippen LogP contribution in [0.2, 0.25) is 5.02 Å². The molecule has 3 amide bonds. The number of pyridine rings is 1. The number of carbonyl (C=O) groups is 3. The number of para-hydroxylation sites is 1. The Morgan fingerprint density at radius 2 is 1.69 bits per heavy atom. The molecular weight excluding hydrogens is 804 g/mol. The summed E-state index contributed by atoms with van der Waals surface area (Å²) in [4.78, 5) is 56.4. The zero-order chi connectivity index (χ0) is 43.3. The van der Waals surface area contributed by atoms with Crippen LogP contribution in [0.15, 0.2) is 95.8 Å². The largest absolute Gasteiger partial charge is 0.506 e. The summed E-state index contributed by atoms with van der Waals surface area (Å²) in [5.74, 6) is 0.327. The molecule has 0 aliphatic carbocycles. The van der Waals surface area contributed by atoms with Crippen molar-refractivity contribution in [3.63, 3.8) is 0 Å². The Hall–Kier alpha value is -6.13. The number of hydrogen-bond acceptors (Lipinski definition) is 11. The lowest BCUT2D eigenvalue weighted by atomic mass is 10.0. The van der Waals surface area contributed by atoms with E-state index in [1.165, 1.54) is 19.2 Å². The molecule has 1 fully saturated rings. The van der Waals surface area contributed by atoms with Crippen LogP contribution >= 0.6 is 11.6 Å². The molecule has 16 heteroatoms. The van der Waals surface area contributed by atoms with E-state index in [1.807, 2.05) is 54.6 Å². The van der Waals surface area contributed by atoms with Gasteiger partial charge < -0.3 is 44.5 Å². The van der Waals surface area contributed by atoms with E-state index in [-0.39, 0.29) is 59.2 Å². The summed E-state index contributed by atoms with van der Waals surface area (Å²) in [6.45, 7) is 2.90. The lowest BCUT2D eigenvalue weighted by Gasteiger charge is -2.31. The molecule has 1 atom stereocenters. The third kappa shape index (κ3) is 12.2. The Labute approximate surface area is 358 Å². The van der Waals surface area contributed by atoms with Gasteiger partial charge in [0, 0.05) is 81.4 Å². The van der Waals surface area contributed by atoms with Gasteiger partial charge in [-0.25, -0.2) is 9.59 Å². The van der Waals surface area contributed by atoms with Gasteiger partial charge >= 0.3 is 12.2 Å². The van der Waals surface area contributed by atoms with Crippen molar-refractivity contribution < 1.29 is 38.8 Å². The van der Waals surface area contributed by atoms with E-state index in [1.54, 1.807) is 36.2 Å². The molecule has 4 aromatic carbocycles. The van der Waals surface area contributed by atoms with Crippen LogP contribution in [0.4, 0.5) is 21.0 Å². The highest BCUT2D eigenvalue weighted by atomic mass is 35.5. The number of methoxy groups -OCH3 is 1. The first-order valence-electron chi connectivity index (χ1n) is 20.1. The van der Waals surface area contributed by atoms with E-state index in [2.05, 4.69) is 25.8 Å². The topological polar surface area (TPSA) is 195 Å². The van der Waals surface area contributed by atoms with Crippen LogP contribution in [-0.2, 0) is 20.8 Å². The number of fused-ring (bicyclic) bond motifs is 1. The predicted molar refractivity (Wildman–Crippen MR) is 234 cm³/mol. The van der Waals surface area contributed by atoms with Crippen molar-refractivity contribution in [3.05, 3.63) is 117 Å². The zero-order valence-electron chi connectivity index (χ0n) is 34.1. The van der Waals surface area contributed by atoms with E-state index >= 15 is 0 Å². The van der Waals surface area contributed by atoms with Crippen LogP contribution in [0.5, 0.6) is 11.5 Å². The Balaban J connectivity index is 0.859. The second-order valence-corrected chi connectivity index (χ2v) is 15.1. The molecule has 1 aliphatic rings. The summed E-state index contributed by atoms with van der Waals surface area (Å²) in [6, 6.07) is 26.6. The molecule has 2 heterocycles. The van der Waals surface area contributed by atoms with Gasteiger partial charge in [-0.3, -0.25) is 20.2 Å². The number of rotatable bonds is 17. The Morgan fingerprint density at radius 1 is 0.951 bits per heavy atom. The van der Waals surface area contributed by atoms with Crippen molar-refractivity contribution in [2.75, 3.05) is 64.1 Å². The number of aromatic hydroxyl groups is 1. The first kappa shape index (κ1) is 44.4. The number of likely N-dealkylation sites (tertiary alicyclic amines) is 1. The molecule has 61 heavy (non-hydrogen) atoms. The summed E-state index contributed by atoms with van der Waals surface area (Å²) in [5, 5.41) is 30.5. The van der Waals surface area contributed by atoms with Crippen molar-refractivity contribution >= 4 is 52.0 Å². The molecule has 6 N–H and O–H groups in total. The van der Waals surface area contributed by atoms with Crippen LogP contribution in [0.3, 0.4) is 0 Å². The lowest BCUT2D eigenvalue weighted by molar-refractivity contribution is -0.130. The number of nitrogens with one attached hydrogen (secondary N) is 4. The maximum Gasteiger partial charge on any atom is 0.411 e. The number of amides is 3. The normalized spacial score (nSPS) is 13.6. The standard InChI is InChI=1S/C45H51ClN6O9/c1-51(42(56)19-23-52-21-17-31(18-22-52)61-45(58)48-36-12-7-6-11-32(36)29-9-4-3-5-10-29)20-8-24-60-44(57)49-37-26-40(59-2)30(25-35(37)46)27-47-28-39(54)33-13-15-38(53)43-34(33)14-16-41(55)50-43/h3-7,9-16,25-26,31,39,47,53-54H,8,17-24,27-28H2,1-2H3,(H,48,58)(H,49,57)(H,50,55)/t39-/m0/s1. The highest BCUT2D eigenvalue weighted by Crippen LogP contribution is 2.32. The SMILES string of the molecule is COc1cc(NC(=O)OCCCN(C)C(=O)CCN2CCC(OC(=O)Nc3ccccc3-c3ccccc3)CC2)c(Cl)cc1CNC[C@H](O)c1ccc(O)c2[nH]c(=O)ccc12. The van der Waals surface area contributed by atoms with Gasteiger partial charge in [-0.1, -0.05) is 66.2 Å². The van der Waals surface area contributed by atoms with Gasteiger partial charge in [0.2, 0.25) is 11.5 Å². The van der Waals surface area contributed by atoms with Crippen LogP contribution in [0.25, 0.3) is 22.0 Å². The molecule has 5 aromatic rings. The molecule has 0 spiro atoms. The summed E-state index contributed by atoms with van der Waals surface area (Å²) in [6.07, 6.45) is -0.244. The molecule has 1 aliphatic heterocycles. The molecule has 322 valence electrons. The summed E-state index contributed by atoms with van der Waals surface area (Å²) in [7, 11) is 3.21. The Kier molecular flexibility index (Phi) is 15.6. The Bertz CT molecular complexity index is 2350. The number of nitrogens with zero attached hydrogens (tertiary/aromatic N) is 2. The number of benzene rings is 4. The van der Waals surface area contributed by atoms with Crippen LogP contribution in [0, 0.1) is 0 Å². The number of phenols is 1. The molecule has 0 saturated carbocycles. The average molecular weight is 855 g/mol. The van der Waals surface area contributed by atoms with Crippen molar-refractivity contribution in [2.24, 2.45) is 0 Å². The number of anilines is 2. The van der Waals surface area contributed by atoms with Gasteiger partial charge in [-0.05, 0) is 54.7 Å². The fraction of sp³-hybridized carbons (Fsp3) is 0.333. The summed E-state index contributed by atoms with van der Waals surface area (Å²) < 4.78 is 16.6. The minimum atomic E-state index is -0.960. The first-order valence-corrected chi connectivity index (χ1v) is 20.5. The first-order chi connectivity index (χ1) is 29.5. The second kappa shape index (κ2) is 21.4. The maximum absolute atomic E-state index is 12.9. The third-order valence-corrected chi connectivity index (χ3v) is 10.8. The minimum absolute atomic E-state index is 0.0198. The molecule has 0 radical (unpaired) electrons. The molecule has 15 nitrogen and oxygen atoms in total. The summed E-state index contributed by atoms with van der Waals surface area (Å²) >= 11 is 6.51. The highest BCUT2D eigenvalue weighted by molar-refractivity contribution is 6.33. The fourth-order valence-electron chi connectivity index (χ4n) is 7.21. The molecule has 0 bridgehead atoms. The second-order valence-electron chi connectivity index (χ2n) is 14.7. The van der Waals surface area contributed by atoms with Crippen LogP contribution in [0.1, 0.15) is 42.9 Å². The molecule has 1 saturated heterocycles. The minimum Gasteiger partial charge on any atom is -0.506 e. The van der Waals surface area contributed by atoms with Crippen molar-refractivity contribution in [3.8, 4) is 22.6 Å². The van der Waals surface area contributed by atoms with Gasteiger partial charge in [-0.2, -0.15) is 0 Å². The smallest absolute Gasteiger partial charge is 0.411 e. The van der Waals surface area contributed by atoms with E-state index in [0.29, 0.717) is 79.8 Å². The summed E-state index contributed by atoms with van der Waals surface area (Å²) in [5.41, 5.74) is 3.97. The fourth-order valence-corrected chi connectivity index (χ4v) is 7.44. The van der Waals surface area contributed by atoms with Gasteiger partial charge in [0.25, 0.3) is 0 Å². The van der Waals surface area contributed by atoms with Gasteiger partial charge in [0.1, 0.15) is 17.6 Å². The van der Waals surface area contributed by atoms with Gasteiger partial charge in [0.15, 0.2) is 0 Å². The number of aromatic nitrogens is 1. The van der Waals surface area contributed by atoms with E-state index < -0.39 is 18.3 Å². The Morgan fingerprint density at radius 3 is 2.46 bits per heavy atom. The van der Waals surface area contributed by atoms with Crippen molar-refractivity contribution in [1.82, 2.24) is 20.1 Å². The number of H-pyrrole nitrogens is 1. The number of phenolic OH excluding ortho intramolecular Hbond substituents is 1. The number of ether oxygens (including phenoxy) is 3. The quantitative estimate of drug-likeness (QED) is 0.0534. The monoisotopic (exact) mass is 854 g/mol. The zero-order valence-corrected chi connectivity index (χ0v) is 34.9. The number of halogens is 1. The number of carbonyl (C=O) groups excluding carboxylic acids is 3. The molecular formula is C45H51ClN6O9. The molecule has 0 unspecified atom stereocenters.